The first kappa shape index (κ1) is 13.5. The number of rotatable bonds is 4. The standard InChI is InChI=1S/C15H23FN2/c1-15(2)9-5-7-12(15)14(18-17)10-11-6-3-4-8-13(11)16/h3-4,6,8,12,14,18H,5,7,9-10,17H2,1-2H3. The second kappa shape index (κ2) is 5.37. The number of hydrogen-bond donors (Lipinski definition) is 2. The number of hydrazine groups is 1. The number of benzene rings is 1. The van der Waals surface area contributed by atoms with E-state index in [4.69, 9.17) is 5.84 Å². The van der Waals surface area contributed by atoms with Gasteiger partial charge in [-0.25, -0.2) is 4.39 Å². The molecule has 1 aliphatic rings. The molecule has 0 saturated heterocycles. The molecule has 0 aliphatic heterocycles. The van der Waals surface area contributed by atoms with Gasteiger partial charge in [-0.1, -0.05) is 38.5 Å². The SMILES string of the molecule is CC1(C)CCCC1C(Cc1ccccc1F)NN. The van der Waals surface area contributed by atoms with Gasteiger partial charge in [0.05, 0.1) is 0 Å². The largest absolute Gasteiger partial charge is 0.271 e. The summed E-state index contributed by atoms with van der Waals surface area (Å²) in [5, 5.41) is 0. The Balaban J connectivity index is 2.13. The van der Waals surface area contributed by atoms with E-state index in [1.165, 1.54) is 25.3 Å². The normalized spacial score (nSPS) is 24.1. The van der Waals surface area contributed by atoms with E-state index < -0.39 is 0 Å². The van der Waals surface area contributed by atoms with E-state index in [-0.39, 0.29) is 11.9 Å². The summed E-state index contributed by atoms with van der Waals surface area (Å²) < 4.78 is 13.7. The molecule has 1 aromatic carbocycles. The third-order valence-corrected chi connectivity index (χ3v) is 4.44. The van der Waals surface area contributed by atoms with Crippen molar-refractivity contribution in [2.75, 3.05) is 0 Å². The molecule has 3 heteroatoms. The van der Waals surface area contributed by atoms with Crippen molar-refractivity contribution < 1.29 is 4.39 Å². The third-order valence-electron chi connectivity index (χ3n) is 4.44. The van der Waals surface area contributed by atoms with Crippen LogP contribution in [0.4, 0.5) is 4.39 Å². The molecule has 1 saturated carbocycles. The molecule has 2 atom stereocenters. The summed E-state index contributed by atoms with van der Waals surface area (Å²) in [6.07, 6.45) is 4.31. The first-order chi connectivity index (χ1) is 8.54. The molecule has 0 spiro atoms. The summed E-state index contributed by atoms with van der Waals surface area (Å²) in [5.41, 5.74) is 3.96. The Morgan fingerprint density at radius 1 is 1.44 bits per heavy atom. The van der Waals surface area contributed by atoms with Crippen LogP contribution in [0.25, 0.3) is 0 Å². The molecule has 2 rings (SSSR count). The third kappa shape index (κ3) is 2.73. The van der Waals surface area contributed by atoms with Gasteiger partial charge in [-0.2, -0.15) is 0 Å². The van der Waals surface area contributed by atoms with Crippen LogP contribution in [0.2, 0.25) is 0 Å². The van der Waals surface area contributed by atoms with E-state index in [1.54, 1.807) is 6.07 Å². The molecular formula is C15H23FN2. The van der Waals surface area contributed by atoms with E-state index >= 15 is 0 Å². The summed E-state index contributed by atoms with van der Waals surface area (Å²) in [7, 11) is 0. The zero-order valence-corrected chi connectivity index (χ0v) is 11.2. The van der Waals surface area contributed by atoms with Crippen LogP contribution in [-0.4, -0.2) is 6.04 Å². The minimum Gasteiger partial charge on any atom is -0.271 e. The van der Waals surface area contributed by atoms with E-state index in [0.29, 0.717) is 17.8 Å². The van der Waals surface area contributed by atoms with Gasteiger partial charge < -0.3 is 0 Å². The fourth-order valence-electron chi connectivity index (χ4n) is 3.32. The van der Waals surface area contributed by atoms with Gasteiger partial charge in [-0.05, 0) is 42.2 Å². The van der Waals surface area contributed by atoms with Crippen molar-refractivity contribution in [2.45, 2.75) is 45.6 Å². The minimum atomic E-state index is -0.131. The second-order valence-electron chi connectivity index (χ2n) is 6.06. The highest BCUT2D eigenvalue weighted by molar-refractivity contribution is 5.19. The Bertz CT molecular complexity index is 403. The summed E-state index contributed by atoms with van der Waals surface area (Å²) in [6, 6.07) is 7.12. The lowest BCUT2D eigenvalue weighted by atomic mass is 9.76. The first-order valence-corrected chi connectivity index (χ1v) is 6.74. The summed E-state index contributed by atoms with van der Waals surface area (Å²) in [6.45, 7) is 4.58. The van der Waals surface area contributed by atoms with Crippen molar-refractivity contribution in [2.24, 2.45) is 17.2 Å². The average molecular weight is 250 g/mol. The van der Waals surface area contributed by atoms with E-state index in [2.05, 4.69) is 19.3 Å². The molecule has 100 valence electrons. The molecule has 0 heterocycles. The van der Waals surface area contributed by atoms with Gasteiger partial charge in [-0.15, -0.1) is 0 Å². The molecule has 1 fully saturated rings. The maximum Gasteiger partial charge on any atom is 0.126 e. The van der Waals surface area contributed by atoms with Crippen molar-refractivity contribution in [3.63, 3.8) is 0 Å². The fraction of sp³-hybridized carbons (Fsp3) is 0.600. The fourth-order valence-corrected chi connectivity index (χ4v) is 3.32. The van der Waals surface area contributed by atoms with Crippen molar-refractivity contribution in [1.82, 2.24) is 5.43 Å². The molecule has 3 N–H and O–H groups in total. The molecule has 18 heavy (non-hydrogen) atoms. The van der Waals surface area contributed by atoms with Crippen LogP contribution >= 0.6 is 0 Å². The van der Waals surface area contributed by atoms with E-state index in [0.717, 1.165) is 5.56 Å². The molecule has 0 aromatic heterocycles. The van der Waals surface area contributed by atoms with Crippen molar-refractivity contribution >= 4 is 0 Å². The number of halogens is 1. The van der Waals surface area contributed by atoms with E-state index in [1.807, 2.05) is 12.1 Å². The number of nitrogens with two attached hydrogens (primary N) is 1. The molecule has 0 radical (unpaired) electrons. The molecular weight excluding hydrogens is 227 g/mol. The van der Waals surface area contributed by atoms with Gasteiger partial charge in [0.2, 0.25) is 0 Å². The van der Waals surface area contributed by atoms with Crippen LogP contribution in [-0.2, 0) is 6.42 Å². The minimum absolute atomic E-state index is 0.131. The van der Waals surface area contributed by atoms with Crippen molar-refractivity contribution in [1.29, 1.82) is 0 Å². The molecule has 2 nitrogen and oxygen atoms in total. The van der Waals surface area contributed by atoms with Crippen molar-refractivity contribution in [3.05, 3.63) is 35.6 Å². The molecule has 0 amide bonds. The molecule has 0 bridgehead atoms. The Hall–Kier alpha value is -0.930. The predicted octanol–water partition coefficient (Wildman–Crippen LogP) is 3.03. The van der Waals surface area contributed by atoms with Crippen LogP contribution in [0.5, 0.6) is 0 Å². The highest BCUT2D eigenvalue weighted by atomic mass is 19.1. The highest BCUT2D eigenvalue weighted by Crippen LogP contribution is 2.44. The smallest absolute Gasteiger partial charge is 0.126 e. The molecule has 2 unspecified atom stereocenters. The topological polar surface area (TPSA) is 38.0 Å². The lowest BCUT2D eigenvalue weighted by molar-refractivity contribution is 0.195. The summed E-state index contributed by atoms with van der Waals surface area (Å²) >= 11 is 0. The van der Waals surface area contributed by atoms with Gasteiger partial charge >= 0.3 is 0 Å². The van der Waals surface area contributed by atoms with Gasteiger partial charge in [0.15, 0.2) is 0 Å². The Labute approximate surface area is 109 Å². The van der Waals surface area contributed by atoms with Gasteiger partial charge in [0.25, 0.3) is 0 Å². The van der Waals surface area contributed by atoms with Gasteiger partial charge in [-0.3, -0.25) is 11.3 Å². The molecule has 1 aromatic rings. The zero-order valence-electron chi connectivity index (χ0n) is 11.2. The predicted molar refractivity (Wildman–Crippen MR) is 72.3 cm³/mol. The Kier molecular flexibility index (Phi) is 4.03. The quantitative estimate of drug-likeness (QED) is 0.637. The maximum absolute atomic E-state index is 13.7. The van der Waals surface area contributed by atoms with Crippen LogP contribution in [0.1, 0.15) is 38.7 Å². The Morgan fingerprint density at radius 2 is 2.17 bits per heavy atom. The summed E-state index contributed by atoms with van der Waals surface area (Å²) in [5.74, 6) is 6.08. The van der Waals surface area contributed by atoms with E-state index in [9.17, 15) is 4.39 Å². The van der Waals surface area contributed by atoms with Crippen LogP contribution in [0.15, 0.2) is 24.3 Å². The highest BCUT2D eigenvalue weighted by Gasteiger charge is 2.39. The van der Waals surface area contributed by atoms with Crippen LogP contribution in [0.3, 0.4) is 0 Å². The monoisotopic (exact) mass is 250 g/mol. The Morgan fingerprint density at radius 3 is 2.72 bits per heavy atom. The molecule has 1 aliphatic carbocycles. The lowest BCUT2D eigenvalue weighted by Crippen LogP contribution is -2.46. The summed E-state index contributed by atoms with van der Waals surface area (Å²) in [4.78, 5) is 0. The first-order valence-electron chi connectivity index (χ1n) is 6.74. The van der Waals surface area contributed by atoms with Gasteiger partial charge in [0, 0.05) is 6.04 Å². The maximum atomic E-state index is 13.7. The zero-order chi connectivity index (χ0) is 13.2. The number of hydrogen-bond acceptors (Lipinski definition) is 2. The van der Waals surface area contributed by atoms with Crippen LogP contribution in [0, 0.1) is 17.2 Å². The average Bonchev–Trinajstić information content (AvgIpc) is 2.68. The number of nitrogens with one attached hydrogen (secondary N) is 1. The van der Waals surface area contributed by atoms with Gasteiger partial charge in [0.1, 0.15) is 5.82 Å². The lowest BCUT2D eigenvalue weighted by Gasteiger charge is -2.34. The second-order valence-corrected chi connectivity index (χ2v) is 6.06. The van der Waals surface area contributed by atoms with Crippen LogP contribution < -0.4 is 11.3 Å². The van der Waals surface area contributed by atoms with Crippen molar-refractivity contribution in [3.8, 4) is 0 Å².